The second kappa shape index (κ2) is 7.94. The quantitative estimate of drug-likeness (QED) is 0.718. The number of rotatable bonds is 5. The predicted octanol–water partition coefficient (Wildman–Crippen LogP) is 5.40. The molecule has 1 aliphatic heterocycles. The first-order valence-electron chi connectivity index (χ1n) is 9.07. The van der Waals surface area contributed by atoms with E-state index in [1.54, 1.807) is 0 Å². The van der Waals surface area contributed by atoms with Gasteiger partial charge in [-0.1, -0.05) is 30.7 Å². The van der Waals surface area contributed by atoms with E-state index in [-0.39, 0.29) is 0 Å². The number of hydrogen-bond donors (Lipinski definition) is 0. The summed E-state index contributed by atoms with van der Waals surface area (Å²) in [6, 6.07) is 17.9. The number of aryl methyl sites for hydroxylation is 1. The fourth-order valence-corrected chi connectivity index (χ4v) is 3.79. The lowest BCUT2D eigenvalue weighted by atomic mass is 10.0. The van der Waals surface area contributed by atoms with Crippen LogP contribution in [0.25, 0.3) is 0 Å². The first-order chi connectivity index (χ1) is 11.7. The molecule has 0 aromatic heterocycles. The van der Waals surface area contributed by atoms with Crippen molar-refractivity contribution in [2.45, 2.75) is 39.2 Å². The average Bonchev–Trinajstić information content (AvgIpc) is 2.64. The molecule has 0 N–H and O–H groups in total. The molecule has 0 bridgehead atoms. The minimum atomic E-state index is 0.613. The molecule has 0 amide bonds. The van der Waals surface area contributed by atoms with Gasteiger partial charge in [-0.3, -0.25) is 0 Å². The number of anilines is 2. The first kappa shape index (κ1) is 17.2. The molecule has 2 nitrogen and oxygen atoms in total. The SMILES string of the molecule is CCc1ccc(N2CCC(N(CC)c3ccc(Cl)cc3)CC2)cc1. The summed E-state index contributed by atoms with van der Waals surface area (Å²) in [7, 11) is 0. The minimum Gasteiger partial charge on any atom is -0.371 e. The molecule has 128 valence electrons. The zero-order valence-corrected chi connectivity index (χ0v) is 15.5. The van der Waals surface area contributed by atoms with Crippen molar-refractivity contribution >= 4 is 23.0 Å². The van der Waals surface area contributed by atoms with Crippen LogP contribution in [0.2, 0.25) is 5.02 Å². The Morgan fingerprint density at radius 3 is 2.12 bits per heavy atom. The summed E-state index contributed by atoms with van der Waals surface area (Å²) < 4.78 is 0. The maximum atomic E-state index is 6.03. The summed E-state index contributed by atoms with van der Waals surface area (Å²) in [4.78, 5) is 5.04. The van der Waals surface area contributed by atoms with Crippen molar-refractivity contribution in [1.29, 1.82) is 0 Å². The van der Waals surface area contributed by atoms with E-state index in [4.69, 9.17) is 11.6 Å². The minimum absolute atomic E-state index is 0.613. The highest BCUT2D eigenvalue weighted by Crippen LogP contribution is 2.27. The third kappa shape index (κ3) is 3.87. The Morgan fingerprint density at radius 2 is 1.58 bits per heavy atom. The number of nitrogens with zero attached hydrogens (tertiary/aromatic N) is 2. The van der Waals surface area contributed by atoms with Gasteiger partial charge in [0, 0.05) is 42.1 Å². The number of halogens is 1. The Labute approximate surface area is 151 Å². The molecule has 2 aromatic carbocycles. The third-order valence-corrected chi connectivity index (χ3v) is 5.37. The van der Waals surface area contributed by atoms with Crippen LogP contribution in [-0.2, 0) is 6.42 Å². The number of benzene rings is 2. The van der Waals surface area contributed by atoms with E-state index in [0.29, 0.717) is 6.04 Å². The molecule has 3 heteroatoms. The zero-order valence-electron chi connectivity index (χ0n) is 14.7. The van der Waals surface area contributed by atoms with E-state index in [1.165, 1.54) is 29.8 Å². The van der Waals surface area contributed by atoms with Crippen LogP contribution in [-0.4, -0.2) is 25.7 Å². The van der Waals surface area contributed by atoms with Gasteiger partial charge in [-0.05, 0) is 68.1 Å². The standard InChI is InChI=1S/C21H27ClN2/c1-3-17-5-9-19(10-6-17)23-15-13-21(14-16-23)24(4-2)20-11-7-18(22)8-12-20/h5-12,21H,3-4,13-16H2,1-2H3. The van der Waals surface area contributed by atoms with Crippen LogP contribution in [0, 0.1) is 0 Å². The van der Waals surface area contributed by atoms with Gasteiger partial charge in [-0.15, -0.1) is 0 Å². The van der Waals surface area contributed by atoms with E-state index in [1.807, 2.05) is 12.1 Å². The molecule has 1 fully saturated rings. The Morgan fingerprint density at radius 1 is 0.958 bits per heavy atom. The summed E-state index contributed by atoms with van der Waals surface area (Å²) in [6.45, 7) is 7.74. The van der Waals surface area contributed by atoms with Crippen molar-refractivity contribution in [3.8, 4) is 0 Å². The summed E-state index contributed by atoms with van der Waals surface area (Å²) >= 11 is 6.03. The molecule has 0 aliphatic carbocycles. The number of hydrogen-bond acceptors (Lipinski definition) is 2. The molecule has 0 spiro atoms. The summed E-state index contributed by atoms with van der Waals surface area (Å²) in [5.74, 6) is 0. The highest BCUT2D eigenvalue weighted by atomic mass is 35.5. The van der Waals surface area contributed by atoms with Gasteiger partial charge in [0.15, 0.2) is 0 Å². The van der Waals surface area contributed by atoms with Crippen LogP contribution in [0.4, 0.5) is 11.4 Å². The van der Waals surface area contributed by atoms with Gasteiger partial charge in [-0.25, -0.2) is 0 Å². The molecule has 1 aliphatic rings. The van der Waals surface area contributed by atoms with Crippen LogP contribution >= 0.6 is 11.6 Å². The van der Waals surface area contributed by atoms with E-state index in [9.17, 15) is 0 Å². The summed E-state index contributed by atoms with van der Waals surface area (Å²) in [6.07, 6.45) is 3.51. The van der Waals surface area contributed by atoms with E-state index < -0.39 is 0 Å². The van der Waals surface area contributed by atoms with Gasteiger partial charge in [0.25, 0.3) is 0 Å². The van der Waals surface area contributed by atoms with Crippen LogP contribution in [0.3, 0.4) is 0 Å². The third-order valence-electron chi connectivity index (χ3n) is 5.11. The summed E-state index contributed by atoms with van der Waals surface area (Å²) in [5, 5.41) is 0.806. The Balaban J connectivity index is 1.63. The smallest absolute Gasteiger partial charge is 0.0407 e. The lowest BCUT2D eigenvalue weighted by Crippen LogP contribution is -2.45. The lowest BCUT2D eigenvalue weighted by molar-refractivity contribution is 0.470. The highest BCUT2D eigenvalue weighted by molar-refractivity contribution is 6.30. The van der Waals surface area contributed by atoms with Gasteiger partial charge in [0.2, 0.25) is 0 Å². The second-order valence-corrected chi connectivity index (χ2v) is 6.94. The fraction of sp³-hybridized carbons (Fsp3) is 0.429. The van der Waals surface area contributed by atoms with Crippen molar-refractivity contribution in [3.05, 3.63) is 59.1 Å². The molecule has 24 heavy (non-hydrogen) atoms. The lowest BCUT2D eigenvalue weighted by Gasteiger charge is -2.40. The molecule has 1 heterocycles. The van der Waals surface area contributed by atoms with Crippen molar-refractivity contribution in [3.63, 3.8) is 0 Å². The molecule has 0 radical (unpaired) electrons. The maximum absolute atomic E-state index is 6.03. The normalized spacial score (nSPS) is 15.5. The van der Waals surface area contributed by atoms with E-state index >= 15 is 0 Å². The summed E-state index contributed by atoms with van der Waals surface area (Å²) in [5.41, 5.74) is 4.06. The predicted molar refractivity (Wildman–Crippen MR) is 106 cm³/mol. The zero-order chi connectivity index (χ0) is 16.9. The Bertz CT molecular complexity index is 628. The fourth-order valence-electron chi connectivity index (χ4n) is 3.66. The number of piperidine rings is 1. The van der Waals surface area contributed by atoms with Crippen molar-refractivity contribution in [1.82, 2.24) is 0 Å². The molecule has 0 saturated carbocycles. The van der Waals surface area contributed by atoms with Crippen LogP contribution in [0.5, 0.6) is 0 Å². The van der Waals surface area contributed by atoms with Crippen molar-refractivity contribution in [2.75, 3.05) is 29.4 Å². The van der Waals surface area contributed by atoms with Crippen molar-refractivity contribution < 1.29 is 0 Å². The van der Waals surface area contributed by atoms with Gasteiger partial charge < -0.3 is 9.80 Å². The average molecular weight is 343 g/mol. The van der Waals surface area contributed by atoms with Crippen molar-refractivity contribution in [2.24, 2.45) is 0 Å². The van der Waals surface area contributed by atoms with Crippen LogP contribution < -0.4 is 9.80 Å². The van der Waals surface area contributed by atoms with E-state index in [0.717, 1.165) is 31.1 Å². The topological polar surface area (TPSA) is 6.48 Å². The molecule has 2 aromatic rings. The van der Waals surface area contributed by atoms with Crippen LogP contribution in [0.15, 0.2) is 48.5 Å². The molecule has 0 unspecified atom stereocenters. The molecular formula is C21H27ClN2. The largest absolute Gasteiger partial charge is 0.371 e. The molecule has 1 saturated heterocycles. The van der Waals surface area contributed by atoms with E-state index in [2.05, 4.69) is 60.0 Å². The van der Waals surface area contributed by atoms with Gasteiger partial charge >= 0.3 is 0 Å². The Kier molecular flexibility index (Phi) is 5.68. The molecular weight excluding hydrogens is 316 g/mol. The van der Waals surface area contributed by atoms with Crippen LogP contribution in [0.1, 0.15) is 32.3 Å². The maximum Gasteiger partial charge on any atom is 0.0407 e. The molecule has 3 rings (SSSR count). The first-order valence-corrected chi connectivity index (χ1v) is 9.45. The Hall–Kier alpha value is -1.67. The monoisotopic (exact) mass is 342 g/mol. The van der Waals surface area contributed by atoms with Gasteiger partial charge in [0.1, 0.15) is 0 Å². The van der Waals surface area contributed by atoms with Gasteiger partial charge in [0.05, 0.1) is 0 Å². The highest BCUT2D eigenvalue weighted by Gasteiger charge is 2.24. The molecule has 0 atom stereocenters. The second-order valence-electron chi connectivity index (χ2n) is 6.50. The van der Waals surface area contributed by atoms with Gasteiger partial charge in [-0.2, -0.15) is 0 Å².